The summed E-state index contributed by atoms with van der Waals surface area (Å²) >= 11 is 0. The highest BCUT2D eigenvalue weighted by Crippen LogP contribution is 2.29. The van der Waals surface area contributed by atoms with Gasteiger partial charge in [-0.05, 0) is 116 Å². The molecule has 11 atom stereocenters. The van der Waals surface area contributed by atoms with E-state index in [-0.39, 0.29) is 97.0 Å². The van der Waals surface area contributed by atoms with Crippen LogP contribution >= 0.6 is 0 Å². The fraction of sp³-hybridized carbons (Fsp3) is 0.512. The Kier molecular flexibility index (Phi) is 32.5. The number of methoxy groups -OCH3 is 1. The minimum atomic E-state index is -1.83. The molecule has 12 amide bonds. The second-order valence-electron chi connectivity index (χ2n) is 30.5. The third kappa shape index (κ3) is 26.5. The number of aliphatic hydroxyl groups is 1. The summed E-state index contributed by atoms with van der Waals surface area (Å²) < 4.78 is 41.3. The molecule has 114 heavy (non-hydrogen) atoms. The van der Waals surface area contributed by atoms with Crippen LogP contribution in [0.3, 0.4) is 0 Å². The number of benzene rings is 4. The smallest absolute Gasteiger partial charge is 0.246 e. The number of amides is 12. The number of halogens is 1. The average molecular weight is 1580 g/mol. The van der Waals surface area contributed by atoms with E-state index in [1.807, 2.05) is 62.1 Å². The van der Waals surface area contributed by atoms with Gasteiger partial charge in [0.2, 0.25) is 70.9 Å². The van der Waals surface area contributed by atoms with E-state index >= 15 is 23.6 Å². The molecular weight excluding hydrogens is 1470 g/mol. The van der Waals surface area contributed by atoms with Gasteiger partial charge in [-0.15, -0.1) is 0 Å². The van der Waals surface area contributed by atoms with Gasteiger partial charge in [0.05, 0.1) is 72.9 Å². The summed E-state index contributed by atoms with van der Waals surface area (Å²) in [4.78, 5) is 176. The zero-order valence-corrected chi connectivity index (χ0v) is 65.9. The van der Waals surface area contributed by atoms with Crippen molar-refractivity contribution in [1.29, 1.82) is 0 Å². The molecule has 32 heteroatoms. The van der Waals surface area contributed by atoms with Crippen LogP contribution in [0, 0.1) is 11.7 Å². The fourth-order valence-electron chi connectivity index (χ4n) is 13.9. The minimum absolute atomic E-state index is 0.0488. The molecular formula is C82H110FN14O17+. The van der Waals surface area contributed by atoms with Crippen molar-refractivity contribution in [2.45, 2.75) is 171 Å². The molecule has 0 aliphatic carbocycles. The number of nitrogens with one attached hydrogen (secondary N) is 11. The predicted octanol–water partition coefficient (Wildman–Crippen LogP) is 1.18. The van der Waals surface area contributed by atoms with E-state index in [1.165, 1.54) is 33.1 Å². The number of quaternary nitrogens is 1. The number of allylic oxidation sites excluding steroid dienone is 2. The van der Waals surface area contributed by atoms with E-state index in [4.69, 9.17) is 18.9 Å². The Balaban J connectivity index is 1.13. The van der Waals surface area contributed by atoms with Crippen LogP contribution in [0.1, 0.15) is 112 Å². The van der Waals surface area contributed by atoms with Gasteiger partial charge in [0.15, 0.2) is 0 Å². The molecule has 6 heterocycles. The van der Waals surface area contributed by atoms with E-state index in [2.05, 4.69) is 58.5 Å². The highest BCUT2D eigenvalue weighted by molar-refractivity contribution is 5.99. The van der Waals surface area contributed by atoms with Crippen LogP contribution in [0.4, 0.5) is 4.39 Å². The molecule has 5 aliphatic rings. The van der Waals surface area contributed by atoms with Crippen LogP contribution in [-0.2, 0) is 111 Å². The number of aliphatic hydroxyl groups excluding tert-OH is 1. The lowest BCUT2D eigenvalue weighted by Gasteiger charge is -2.33. The number of aromatic nitrogens is 1. The average Bonchev–Trinajstić information content (AvgIpc) is 1.63. The first-order valence-electron chi connectivity index (χ1n) is 39.1. The van der Waals surface area contributed by atoms with Crippen LogP contribution in [0.25, 0.3) is 10.9 Å². The van der Waals surface area contributed by atoms with Gasteiger partial charge in [-0.25, -0.2) is 4.39 Å². The first-order chi connectivity index (χ1) is 54.6. The first kappa shape index (κ1) is 87.3. The number of ether oxygens (including phenoxy) is 4. The highest BCUT2D eigenvalue weighted by atomic mass is 19.1. The summed E-state index contributed by atoms with van der Waals surface area (Å²) in [6.07, 6.45) is 2.64. The van der Waals surface area contributed by atoms with Crippen molar-refractivity contribution in [2.24, 2.45) is 5.92 Å². The molecule has 1 fully saturated rings. The zero-order valence-electron chi connectivity index (χ0n) is 65.9. The maximum Gasteiger partial charge on any atom is 0.246 e. The number of rotatable bonds is 15. The van der Waals surface area contributed by atoms with Gasteiger partial charge in [-0.2, -0.15) is 0 Å². The molecule has 0 spiro atoms. The van der Waals surface area contributed by atoms with Gasteiger partial charge in [0.25, 0.3) is 0 Å². The predicted molar refractivity (Wildman–Crippen MR) is 418 cm³/mol. The van der Waals surface area contributed by atoms with E-state index in [0.717, 1.165) is 22.6 Å². The molecule has 12 bridgehead atoms. The maximum absolute atomic E-state index is 16.2. The zero-order chi connectivity index (χ0) is 82.0. The SMILES string of the molecule is COc1ccc(C[C@@H]2NC(=O)[C@H]([C@@H](C)O)NC(=O)[C@@H]3C4CCN3C(=O)[C@@H]3Cc5cn(c6ccc(F)cc56)C/C=C/CC[C@@H](NC(=O)CCC(=O)N[C@@H](C)C(=O)N[C@H](CNC(=O)CCOCCOCC[N+](C)(C)C)C(=O)N[C@@H](Cc5cccc(c5)CNC(=O)CO4)C(=O)N3)c3ccc(cc3)CCNC(=O)C(C)CCCNC2=O)cc1. The molecule has 5 aliphatic heterocycles. The summed E-state index contributed by atoms with van der Waals surface area (Å²) in [6, 6.07) is 13.1. The molecule has 31 nitrogen and oxygen atoms in total. The Morgan fingerprint density at radius 3 is 2.10 bits per heavy atom. The van der Waals surface area contributed by atoms with E-state index < -0.39 is 157 Å². The number of hydrogen-bond acceptors (Lipinski definition) is 17. The summed E-state index contributed by atoms with van der Waals surface area (Å²) in [7, 11) is 7.58. The Hall–Kier alpha value is -10.7. The summed E-state index contributed by atoms with van der Waals surface area (Å²) in [5, 5.41) is 42.5. The van der Waals surface area contributed by atoms with Gasteiger partial charge >= 0.3 is 0 Å². The molecule has 2 unspecified atom stereocenters. The lowest BCUT2D eigenvalue weighted by Crippen LogP contribution is -2.63. The first-order valence-corrected chi connectivity index (χ1v) is 39.1. The second-order valence-corrected chi connectivity index (χ2v) is 30.5. The van der Waals surface area contributed by atoms with Crippen molar-refractivity contribution in [3.05, 3.63) is 149 Å². The molecule has 1 saturated heterocycles. The van der Waals surface area contributed by atoms with Crippen LogP contribution in [-0.4, -0.2) is 238 Å². The normalized spacial score (nSPS) is 24.4. The molecule has 0 saturated carbocycles. The van der Waals surface area contributed by atoms with Crippen LogP contribution in [0.15, 0.2) is 109 Å². The topological polar surface area (TPSA) is 402 Å². The number of carbonyl (C=O) groups excluding carboxylic acids is 12. The lowest BCUT2D eigenvalue weighted by molar-refractivity contribution is -0.870. The van der Waals surface area contributed by atoms with Gasteiger partial charge in [0.1, 0.15) is 67.0 Å². The number of hydrogen-bond donors (Lipinski definition) is 12. The number of nitrogens with zero attached hydrogens (tertiary/aromatic N) is 3. The largest absolute Gasteiger partial charge is 0.497 e. The van der Waals surface area contributed by atoms with Crippen LogP contribution in [0.2, 0.25) is 0 Å². The molecule has 5 aromatic rings. The summed E-state index contributed by atoms with van der Waals surface area (Å²) in [5.41, 5.74) is 3.99. The monoisotopic (exact) mass is 1580 g/mol. The quantitative estimate of drug-likeness (QED) is 0.0303. The third-order valence-corrected chi connectivity index (χ3v) is 20.5. The summed E-state index contributed by atoms with van der Waals surface area (Å²) in [5.74, 6) is -9.80. The second kappa shape index (κ2) is 42.4. The van der Waals surface area contributed by atoms with Crippen LogP contribution in [0.5, 0.6) is 5.75 Å². The van der Waals surface area contributed by atoms with Crippen molar-refractivity contribution in [2.75, 3.05) is 94.0 Å². The summed E-state index contributed by atoms with van der Waals surface area (Å²) in [6.45, 7) is 4.94. The molecule has 12 N–H and O–H groups in total. The molecule has 1 aromatic heterocycles. The number of fused-ring (bicyclic) bond motifs is 22. The molecule has 616 valence electrons. The van der Waals surface area contributed by atoms with Gasteiger partial charge in [-0.3, -0.25) is 57.5 Å². The fourth-order valence-corrected chi connectivity index (χ4v) is 13.9. The Morgan fingerprint density at radius 2 is 1.36 bits per heavy atom. The number of likely N-dealkylation sites (N-methyl/N-ethyl adjacent to an activating group) is 1. The maximum atomic E-state index is 16.2. The molecule has 10 rings (SSSR count). The Bertz CT molecular complexity index is 4230. The van der Waals surface area contributed by atoms with Gasteiger partial charge in [-0.1, -0.05) is 79.7 Å². The molecule has 4 aromatic carbocycles. The Morgan fingerprint density at radius 1 is 0.649 bits per heavy atom. The third-order valence-electron chi connectivity index (χ3n) is 20.5. The minimum Gasteiger partial charge on any atom is -0.497 e. The van der Waals surface area contributed by atoms with Crippen molar-refractivity contribution in [3.8, 4) is 5.75 Å². The van der Waals surface area contributed by atoms with Crippen molar-refractivity contribution in [1.82, 2.24) is 68.0 Å². The number of carbonyl (C=O) groups is 12. The molecule has 0 radical (unpaired) electrons. The lowest BCUT2D eigenvalue weighted by atomic mass is 9.99. The van der Waals surface area contributed by atoms with Crippen molar-refractivity contribution >= 4 is 81.8 Å². The van der Waals surface area contributed by atoms with Crippen LogP contribution < -0.4 is 63.2 Å². The Labute approximate surface area is 663 Å². The van der Waals surface area contributed by atoms with Crippen molar-refractivity contribution in [3.63, 3.8) is 0 Å². The van der Waals surface area contributed by atoms with E-state index in [0.29, 0.717) is 82.1 Å². The standard InChI is InChI=1S/C82H109FN14O17/c1-50-13-12-32-84-77(105)63(42-54-19-24-60(111-7)25-20-54)91-80(108)73(52(3)98)94-81(109)74-68-30-35-96(74)82(110)65-44-58-48-95(67-26-23-59(83)45-61(58)67)34-10-8-9-16-62(57-21-17-53(18-22-57)29-33-85-75(50)103)89-71(101)28-27-70(100)88-51(2)76(104)93-66(47-87-69(99)31-37-112-39-40-113-38-36-97(4,5)6)79(107)90-64(78(106)92-65)43-55-14-11-15-56(41-55)46-86-72(102)49-114-68/h8,10-11,14-15,17-26,41,45,48,50-52,62-66,68,73-74,98H,9,12-13,16,27-40,42-44,46-47,49H2,1-7H3,(H10-,84,85,86,87,88,89,90,91,92,93,94,99,100,101,102,103,104,105,106,107,108,109)/p+1/b10-8+/t50?,51-,52+,62+,63-,64-,65-,66+,68?,73-,74-/m0/s1. The van der Waals surface area contributed by atoms with Gasteiger partial charge < -0.3 is 96.5 Å². The van der Waals surface area contributed by atoms with Crippen molar-refractivity contribution < 1.29 is 90.5 Å². The highest BCUT2D eigenvalue weighted by Gasteiger charge is 2.47. The van der Waals surface area contributed by atoms with E-state index in [1.54, 1.807) is 67.7 Å². The van der Waals surface area contributed by atoms with Gasteiger partial charge in [0, 0.05) is 101 Å². The van der Waals surface area contributed by atoms with E-state index in [9.17, 15) is 43.5 Å².